The molecule has 0 radical (unpaired) electrons. The van der Waals surface area contributed by atoms with Crippen LogP contribution in [0.25, 0.3) is 0 Å². The molecule has 3 fully saturated rings. The molecule has 3 N–H and O–H groups in total. The molecule has 1 aromatic rings. The summed E-state index contributed by atoms with van der Waals surface area (Å²) in [6, 6.07) is 3.51. The molecule has 2 aliphatic carbocycles. The summed E-state index contributed by atoms with van der Waals surface area (Å²) in [7, 11) is 1.27. The van der Waals surface area contributed by atoms with Crippen molar-refractivity contribution in [3.8, 4) is 11.5 Å². The van der Waals surface area contributed by atoms with Crippen LogP contribution >= 0.6 is 23.2 Å². The highest BCUT2D eigenvalue weighted by Crippen LogP contribution is 2.66. The Morgan fingerprint density at radius 3 is 2.50 bits per heavy atom. The molecule has 5 rings (SSSR count). The molecule has 190 valence electrons. The number of hydrogen-bond acceptors (Lipinski definition) is 7. The smallest absolute Gasteiger partial charge is 0.328 e. The van der Waals surface area contributed by atoms with E-state index in [1.54, 1.807) is 31.2 Å². The molecular weight excluding hydrogens is 513 g/mol. The average Bonchev–Trinajstić information content (AvgIpc) is 3.16. The third kappa shape index (κ3) is 2.82. The first kappa shape index (κ1) is 24.6. The molecule has 1 saturated carbocycles. The first-order valence-electron chi connectivity index (χ1n) is 11.4. The highest BCUT2D eigenvalue weighted by molar-refractivity contribution is 6.53. The Bertz CT molecular complexity index is 1280. The van der Waals surface area contributed by atoms with Crippen molar-refractivity contribution in [2.45, 2.75) is 35.4 Å². The molecule has 6 atom stereocenters. The first-order chi connectivity index (χ1) is 16.9. The number of allylic oxidation sites excluding steroid dienone is 2. The highest BCUT2D eigenvalue weighted by Gasteiger charge is 2.76. The zero-order valence-corrected chi connectivity index (χ0v) is 20.9. The SMILES string of the molecule is CCOc1cccc([C@H]2C3=CC[C@@H]4C(=O)N(C(N)=O)C(=O)[C@@H]4[C@@H]3C[C@@]3(Cl)C(=O)N(C)C(=O)[C@@]23Cl)c1O. The van der Waals surface area contributed by atoms with E-state index in [1.807, 2.05) is 0 Å². The van der Waals surface area contributed by atoms with Gasteiger partial charge in [-0.3, -0.25) is 24.1 Å². The number of imide groups is 4. The Hall–Kier alpha value is -3.11. The minimum absolute atomic E-state index is 0.0769. The number of rotatable bonds is 3. The van der Waals surface area contributed by atoms with Crippen LogP contribution in [0.4, 0.5) is 4.79 Å². The summed E-state index contributed by atoms with van der Waals surface area (Å²) in [5, 5.41) is 11.1. The molecule has 0 unspecified atom stereocenters. The van der Waals surface area contributed by atoms with Gasteiger partial charge in [0, 0.05) is 18.5 Å². The topological polar surface area (TPSA) is 147 Å². The van der Waals surface area contributed by atoms with Gasteiger partial charge in [0.2, 0.25) is 11.8 Å². The number of halogens is 2. The van der Waals surface area contributed by atoms with Gasteiger partial charge in [-0.25, -0.2) is 4.79 Å². The number of likely N-dealkylation sites (tertiary alicyclic amines) is 2. The molecule has 4 aliphatic rings. The van der Waals surface area contributed by atoms with Crippen molar-refractivity contribution >= 4 is 52.9 Å². The van der Waals surface area contributed by atoms with Crippen LogP contribution in [0.5, 0.6) is 11.5 Å². The number of nitrogens with zero attached hydrogens (tertiary/aromatic N) is 2. The minimum atomic E-state index is -2.03. The number of fused-ring (bicyclic) bond motifs is 4. The maximum absolute atomic E-state index is 13.5. The van der Waals surface area contributed by atoms with Crippen molar-refractivity contribution in [1.29, 1.82) is 0 Å². The number of ether oxygens (including phenoxy) is 1. The summed E-state index contributed by atoms with van der Waals surface area (Å²) >= 11 is 14.0. The first-order valence-corrected chi connectivity index (χ1v) is 12.2. The molecule has 12 heteroatoms. The summed E-state index contributed by atoms with van der Waals surface area (Å²) in [5.74, 6) is -7.01. The summed E-state index contributed by atoms with van der Waals surface area (Å²) < 4.78 is 5.52. The number of alkyl halides is 2. The van der Waals surface area contributed by atoms with Crippen LogP contribution in [0.1, 0.15) is 31.2 Å². The number of carbonyl (C=O) groups is 5. The number of phenols is 1. The van der Waals surface area contributed by atoms with E-state index >= 15 is 0 Å². The number of benzene rings is 1. The fourth-order valence-electron chi connectivity index (χ4n) is 6.35. The molecule has 0 spiro atoms. The van der Waals surface area contributed by atoms with Gasteiger partial charge in [-0.05, 0) is 31.7 Å². The van der Waals surface area contributed by atoms with E-state index in [-0.39, 0.29) is 36.5 Å². The Labute approximate surface area is 215 Å². The Balaban J connectivity index is 1.75. The number of para-hydroxylation sites is 1. The molecule has 2 heterocycles. The molecule has 2 saturated heterocycles. The van der Waals surface area contributed by atoms with Crippen molar-refractivity contribution in [2.75, 3.05) is 13.7 Å². The molecule has 10 nitrogen and oxygen atoms in total. The summed E-state index contributed by atoms with van der Waals surface area (Å²) in [6.45, 7) is 1.99. The van der Waals surface area contributed by atoms with E-state index in [2.05, 4.69) is 0 Å². The van der Waals surface area contributed by atoms with E-state index < -0.39 is 63.1 Å². The van der Waals surface area contributed by atoms with Crippen molar-refractivity contribution in [3.05, 3.63) is 35.4 Å². The Morgan fingerprint density at radius 1 is 1.17 bits per heavy atom. The van der Waals surface area contributed by atoms with E-state index in [0.717, 1.165) is 4.90 Å². The maximum Gasteiger partial charge on any atom is 0.328 e. The highest BCUT2D eigenvalue weighted by atomic mass is 35.5. The van der Waals surface area contributed by atoms with Gasteiger partial charge in [-0.15, -0.1) is 23.2 Å². The number of phenolic OH excluding ortho intramolecular Hbond substituents is 1. The van der Waals surface area contributed by atoms with Crippen molar-refractivity contribution in [2.24, 2.45) is 23.5 Å². The summed E-state index contributed by atoms with van der Waals surface area (Å²) in [5.41, 5.74) is 5.98. The predicted octanol–water partition coefficient (Wildman–Crippen LogP) is 1.86. The zero-order chi connectivity index (χ0) is 26.3. The fraction of sp³-hybridized carbons (Fsp3) is 0.458. The van der Waals surface area contributed by atoms with E-state index in [0.29, 0.717) is 10.5 Å². The second kappa shape index (κ2) is 7.94. The normalized spacial score (nSPS) is 35.4. The third-order valence-electron chi connectivity index (χ3n) is 7.88. The quantitative estimate of drug-likeness (QED) is 0.341. The number of carbonyl (C=O) groups excluding carboxylic acids is 5. The zero-order valence-electron chi connectivity index (χ0n) is 19.4. The average molecular weight is 536 g/mol. The van der Waals surface area contributed by atoms with Crippen LogP contribution in [-0.4, -0.2) is 68.0 Å². The largest absolute Gasteiger partial charge is 0.504 e. The molecule has 1 aromatic carbocycles. The number of amides is 6. The number of primary amides is 1. The predicted molar refractivity (Wildman–Crippen MR) is 126 cm³/mol. The van der Waals surface area contributed by atoms with Crippen LogP contribution < -0.4 is 10.5 Å². The molecule has 0 bridgehead atoms. The Kier molecular flexibility index (Phi) is 5.42. The molecular formula is C24H23Cl2N3O7. The van der Waals surface area contributed by atoms with Gasteiger partial charge in [-0.2, -0.15) is 4.90 Å². The van der Waals surface area contributed by atoms with Crippen LogP contribution in [0.3, 0.4) is 0 Å². The van der Waals surface area contributed by atoms with Crippen LogP contribution in [0.15, 0.2) is 29.8 Å². The third-order valence-corrected chi connectivity index (χ3v) is 9.29. The van der Waals surface area contributed by atoms with Crippen molar-refractivity contribution in [1.82, 2.24) is 9.80 Å². The van der Waals surface area contributed by atoms with Crippen LogP contribution in [-0.2, 0) is 19.2 Å². The van der Waals surface area contributed by atoms with Gasteiger partial charge in [0.1, 0.15) is 0 Å². The molecule has 2 aliphatic heterocycles. The Morgan fingerprint density at radius 2 is 1.86 bits per heavy atom. The van der Waals surface area contributed by atoms with Gasteiger partial charge >= 0.3 is 6.03 Å². The molecule has 36 heavy (non-hydrogen) atoms. The fourth-order valence-corrected chi connectivity index (χ4v) is 7.36. The lowest BCUT2D eigenvalue weighted by Crippen LogP contribution is -2.60. The van der Waals surface area contributed by atoms with E-state index in [1.165, 1.54) is 7.05 Å². The van der Waals surface area contributed by atoms with E-state index in [4.69, 9.17) is 33.7 Å². The van der Waals surface area contributed by atoms with Crippen molar-refractivity contribution in [3.63, 3.8) is 0 Å². The van der Waals surface area contributed by atoms with Crippen LogP contribution in [0, 0.1) is 17.8 Å². The lowest BCUT2D eigenvalue weighted by atomic mass is 9.56. The molecule has 6 amide bonds. The van der Waals surface area contributed by atoms with Crippen LogP contribution in [0.2, 0.25) is 0 Å². The number of aromatic hydroxyl groups is 1. The van der Waals surface area contributed by atoms with Gasteiger partial charge in [0.25, 0.3) is 11.8 Å². The minimum Gasteiger partial charge on any atom is -0.504 e. The lowest BCUT2D eigenvalue weighted by molar-refractivity contribution is -0.139. The van der Waals surface area contributed by atoms with Gasteiger partial charge in [0.15, 0.2) is 21.2 Å². The number of urea groups is 1. The number of hydrogen-bond donors (Lipinski definition) is 2. The van der Waals surface area contributed by atoms with Crippen molar-refractivity contribution < 1.29 is 33.8 Å². The summed E-state index contributed by atoms with van der Waals surface area (Å²) in [4.78, 5) is 62.1. The molecule has 0 aromatic heterocycles. The summed E-state index contributed by atoms with van der Waals surface area (Å²) in [6.07, 6.45) is 1.54. The van der Waals surface area contributed by atoms with Gasteiger partial charge in [-0.1, -0.05) is 23.8 Å². The maximum atomic E-state index is 13.5. The van der Waals surface area contributed by atoms with Gasteiger partial charge < -0.3 is 15.6 Å². The lowest BCUT2D eigenvalue weighted by Gasteiger charge is -2.50. The number of nitrogens with two attached hydrogens (primary N) is 1. The second-order valence-corrected chi connectivity index (χ2v) is 10.7. The monoisotopic (exact) mass is 535 g/mol. The standard InChI is InChI=1S/C24H23Cl2N3O7/c1-3-36-14-6-4-5-12(17(14)30)16-10-7-8-11-15(19(32)29(18(11)31)22(27)35)13(10)9-23(25)20(33)28(2)21(34)24(16,23)26/h4-7,11,13,15-16,30H,3,8-9H2,1-2H3,(H2,27,35)/t11-,13+,15-,16+,23+,24-/m0/s1. The second-order valence-electron chi connectivity index (χ2n) is 9.48. The van der Waals surface area contributed by atoms with E-state index in [9.17, 15) is 29.1 Å². The van der Waals surface area contributed by atoms with Gasteiger partial charge in [0.05, 0.1) is 18.4 Å².